The van der Waals surface area contributed by atoms with E-state index in [4.69, 9.17) is 11.1 Å². The average molecular weight is 424 g/mol. The van der Waals surface area contributed by atoms with Crippen molar-refractivity contribution < 1.29 is 25.9 Å². The zero-order chi connectivity index (χ0) is 20.9. The van der Waals surface area contributed by atoms with Crippen LogP contribution in [0.25, 0.3) is 12.2 Å². The van der Waals surface area contributed by atoms with E-state index < -0.39 is 30.0 Å². The molecule has 2 aromatic rings. The predicted octanol–water partition coefficient (Wildman–Crippen LogP) is 2.71. The zero-order valence-electron chi connectivity index (χ0n) is 13.8. The van der Waals surface area contributed by atoms with Crippen molar-refractivity contribution in [2.45, 2.75) is 9.79 Å². The van der Waals surface area contributed by atoms with E-state index in [9.17, 15) is 25.9 Å². The van der Waals surface area contributed by atoms with E-state index in [0.29, 0.717) is 0 Å². The standard InChI is InChI=1S/C14H10N6O6S2/c15-19-17-11-5-3-9(13(7-11)27(21,22)23)1-2-10-4-6-12(18-20-16)8-14(10)28(24,25)26/h1-8,15-16H/p+2. The fraction of sp³-hybridized carbons (Fsp3) is 0. The Bertz CT molecular complexity index is 1170. The lowest BCUT2D eigenvalue weighted by atomic mass is 10.1. The quantitative estimate of drug-likeness (QED) is 0.237. The lowest BCUT2D eigenvalue weighted by molar-refractivity contribution is 0.480. The van der Waals surface area contributed by atoms with Gasteiger partial charge < -0.3 is 0 Å². The van der Waals surface area contributed by atoms with Gasteiger partial charge in [-0.05, 0) is 35.4 Å². The van der Waals surface area contributed by atoms with Crippen molar-refractivity contribution in [2.24, 2.45) is 10.2 Å². The lowest BCUT2D eigenvalue weighted by Gasteiger charge is -2.05. The van der Waals surface area contributed by atoms with Crippen LogP contribution in [0, 0.1) is 11.1 Å². The van der Waals surface area contributed by atoms with Gasteiger partial charge in [-0.1, -0.05) is 24.3 Å². The summed E-state index contributed by atoms with van der Waals surface area (Å²) in [6.45, 7) is 0. The van der Waals surface area contributed by atoms with Gasteiger partial charge in [0.15, 0.2) is 21.6 Å². The van der Waals surface area contributed by atoms with Crippen LogP contribution in [0.2, 0.25) is 0 Å². The molecule has 0 bridgehead atoms. The molecule has 0 fully saturated rings. The molecule has 0 saturated carbocycles. The maximum Gasteiger partial charge on any atom is 0.295 e. The third-order valence-electron chi connectivity index (χ3n) is 3.32. The first kappa shape index (κ1) is 20.9. The maximum atomic E-state index is 11.6. The first-order valence-electron chi connectivity index (χ1n) is 7.12. The van der Waals surface area contributed by atoms with Crippen LogP contribution in [0.3, 0.4) is 0 Å². The second-order valence-corrected chi connectivity index (χ2v) is 7.91. The molecular formula is C14H12N6O6S2+2. The number of nitrogens with zero attached hydrogens (tertiary/aromatic N) is 4. The fourth-order valence-corrected chi connectivity index (χ4v) is 3.59. The first-order valence-corrected chi connectivity index (χ1v) is 10.0. The summed E-state index contributed by atoms with van der Waals surface area (Å²) in [5.74, 6) is 0. The van der Waals surface area contributed by atoms with Gasteiger partial charge >= 0.3 is 0 Å². The van der Waals surface area contributed by atoms with Gasteiger partial charge in [-0.3, -0.25) is 9.11 Å². The minimum atomic E-state index is -4.66. The molecule has 2 aromatic carbocycles. The van der Waals surface area contributed by atoms with Crippen molar-refractivity contribution in [2.75, 3.05) is 0 Å². The van der Waals surface area contributed by atoms with Crippen LogP contribution in [0.15, 0.2) is 56.4 Å². The summed E-state index contributed by atoms with van der Waals surface area (Å²) >= 11 is 0. The van der Waals surface area contributed by atoms with E-state index in [0.717, 1.165) is 12.1 Å². The zero-order valence-corrected chi connectivity index (χ0v) is 15.4. The van der Waals surface area contributed by atoms with Gasteiger partial charge in [0.2, 0.25) is 9.82 Å². The summed E-state index contributed by atoms with van der Waals surface area (Å²) in [7, 11) is -9.32. The molecule has 0 aromatic heterocycles. The monoisotopic (exact) mass is 424 g/mol. The minimum Gasteiger partial charge on any atom is -0.282 e. The molecule has 0 saturated heterocycles. The molecule has 0 aliphatic rings. The fourth-order valence-electron chi connectivity index (χ4n) is 2.19. The van der Waals surface area contributed by atoms with Gasteiger partial charge in [0.05, 0.1) is 0 Å². The summed E-state index contributed by atoms with van der Waals surface area (Å²) in [4.78, 5) is 4.46. The number of nitrogens with one attached hydrogen (secondary N) is 2. The van der Waals surface area contributed by atoms with Crippen LogP contribution < -0.4 is 9.82 Å². The molecule has 0 amide bonds. The third kappa shape index (κ3) is 5.08. The highest BCUT2D eigenvalue weighted by atomic mass is 32.2. The van der Waals surface area contributed by atoms with E-state index in [1.165, 1.54) is 36.4 Å². The smallest absolute Gasteiger partial charge is 0.282 e. The Balaban J connectivity index is 2.63. The van der Waals surface area contributed by atoms with Crippen LogP contribution in [-0.2, 0) is 20.2 Å². The summed E-state index contributed by atoms with van der Waals surface area (Å²) < 4.78 is 65.1. The van der Waals surface area contributed by atoms with Gasteiger partial charge in [0, 0.05) is 0 Å². The highest BCUT2D eigenvalue weighted by Crippen LogP contribution is 2.27. The molecule has 2 rings (SSSR count). The topological polar surface area (TPSA) is 209 Å². The predicted molar refractivity (Wildman–Crippen MR) is 95.3 cm³/mol. The molecule has 0 aliphatic heterocycles. The van der Waals surface area contributed by atoms with Crippen molar-refractivity contribution in [1.82, 2.24) is 9.82 Å². The van der Waals surface area contributed by atoms with Crippen molar-refractivity contribution in [3.63, 3.8) is 0 Å². The van der Waals surface area contributed by atoms with Crippen molar-refractivity contribution in [3.05, 3.63) is 47.5 Å². The number of hydrogen-bond acceptors (Lipinski definition) is 8. The van der Waals surface area contributed by atoms with Crippen molar-refractivity contribution in [1.29, 1.82) is 11.1 Å². The van der Waals surface area contributed by atoms with E-state index in [-0.39, 0.29) is 22.5 Å². The Morgan fingerprint density at radius 3 is 1.39 bits per heavy atom. The van der Waals surface area contributed by atoms with E-state index in [1.807, 2.05) is 0 Å². The van der Waals surface area contributed by atoms with Crippen LogP contribution >= 0.6 is 0 Å². The molecule has 0 unspecified atom stereocenters. The van der Waals surface area contributed by atoms with E-state index >= 15 is 0 Å². The first-order chi connectivity index (χ1) is 13.1. The van der Waals surface area contributed by atoms with Gasteiger partial charge in [0.1, 0.15) is 20.9 Å². The SMILES string of the molecule is N=[N+]=Nc1ccc(/C=C/c2ccc(N=[N+]=N)cc2S(=O)(=O)O)c(S(=O)(=O)O)c1. The average Bonchev–Trinajstić information content (AvgIpc) is 2.60. The molecule has 0 aliphatic carbocycles. The maximum absolute atomic E-state index is 11.6. The number of hydrogen-bond donors (Lipinski definition) is 4. The second-order valence-electron chi connectivity index (χ2n) is 5.13. The molecule has 28 heavy (non-hydrogen) atoms. The molecule has 4 N–H and O–H groups in total. The highest BCUT2D eigenvalue weighted by molar-refractivity contribution is 7.86. The highest BCUT2D eigenvalue weighted by Gasteiger charge is 2.18. The van der Waals surface area contributed by atoms with Crippen LogP contribution in [-0.4, -0.2) is 25.9 Å². The normalized spacial score (nSPS) is 11.6. The second kappa shape index (κ2) is 8.10. The Morgan fingerprint density at radius 1 is 0.750 bits per heavy atom. The van der Waals surface area contributed by atoms with Crippen LogP contribution in [0.4, 0.5) is 11.4 Å². The Labute approximate surface area is 158 Å². The molecule has 0 spiro atoms. The van der Waals surface area contributed by atoms with Crippen LogP contribution in [0.1, 0.15) is 11.1 Å². The summed E-state index contributed by atoms with van der Waals surface area (Å²) in [5.41, 5.74) is 13.3. The van der Waals surface area contributed by atoms with Gasteiger partial charge in [0.25, 0.3) is 20.2 Å². The van der Waals surface area contributed by atoms with Crippen LogP contribution in [0.5, 0.6) is 0 Å². The molecule has 0 atom stereocenters. The minimum absolute atomic E-state index is 0.00325. The Hall–Kier alpha value is -3.38. The molecular weight excluding hydrogens is 412 g/mol. The summed E-state index contributed by atoms with van der Waals surface area (Å²) in [6, 6.07) is 7.14. The van der Waals surface area contributed by atoms with Gasteiger partial charge in [-0.25, -0.2) is 0 Å². The Kier molecular flexibility index (Phi) is 6.06. The number of rotatable bonds is 6. The van der Waals surface area contributed by atoms with Gasteiger partial charge in [-0.2, -0.15) is 16.8 Å². The number of benzene rings is 2. The Morgan fingerprint density at radius 2 is 1.11 bits per heavy atom. The molecule has 144 valence electrons. The van der Waals surface area contributed by atoms with E-state index in [2.05, 4.69) is 20.1 Å². The molecule has 14 heteroatoms. The third-order valence-corrected chi connectivity index (χ3v) is 5.14. The molecule has 0 radical (unpaired) electrons. The summed E-state index contributed by atoms with van der Waals surface area (Å²) in [5, 5.41) is 6.72. The largest absolute Gasteiger partial charge is 0.295 e. The lowest BCUT2D eigenvalue weighted by Crippen LogP contribution is -2.01. The molecule has 12 nitrogen and oxygen atoms in total. The van der Waals surface area contributed by atoms with Crippen molar-refractivity contribution >= 4 is 43.8 Å². The van der Waals surface area contributed by atoms with Gasteiger partial charge in [-0.15, -0.1) is 0 Å². The summed E-state index contributed by atoms with van der Waals surface area (Å²) in [6.07, 6.45) is 2.39. The van der Waals surface area contributed by atoms with E-state index in [1.54, 1.807) is 0 Å². The molecule has 0 heterocycles. The van der Waals surface area contributed by atoms with Crippen molar-refractivity contribution in [3.8, 4) is 0 Å².